The van der Waals surface area contributed by atoms with Crippen LogP contribution in [0.1, 0.15) is 51.9 Å². The Bertz CT molecular complexity index is 1340. The van der Waals surface area contributed by atoms with Gasteiger partial charge in [0.15, 0.2) is 0 Å². The van der Waals surface area contributed by atoms with Gasteiger partial charge in [0.1, 0.15) is 5.82 Å². The predicted octanol–water partition coefficient (Wildman–Crippen LogP) is 6.42. The summed E-state index contributed by atoms with van der Waals surface area (Å²) in [5, 5.41) is 14.1. The van der Waals surface area contributed by atoms with Crippen molar-refractivity contribution in [2.24, 2.45) is 10.6 Å². The Hall–Kier alpha value is -3.33. The first-order valence-corrected chi connectivity index (χ1v) is 11.2. The Kier molecular flexibility index (Phi) is 6.43. The maximum atomic E-state index is 14.7. The summed E-state index contributed by atoms with van der Waals surface area (Å²) in [5.74, 6) is -2.20. The van der Waals surface area contributed by atoms with Gasteiger partial charge in [-0.1, -0.05) is 22.8 Å². The lowest BCUT2D eigenvalue weighted by atomic mass is 9.85. The first kappa shape index (κ1) is 26.7. The number of oxime groups is 1. The summed E-state index contributed by atoms with van der Waals surface area (Å²) >= 11 is 5.51. The van der Waals surface area contributed by atoms with E-state index in [-0.39, 0.29) is 35.5 Å². The van der Waals surface area contributed by atoms with Gasteiger partial charge in [0.2, 0.25) is 0 Å². The zero-order valence-corrected chi connectivity index (χ0v) is 19.7. The van der Waals surface area contributed by atoms with Crippen molar-refractivity contribution in [1.82, 2.24) is 5.32 Å². The average Bonchev–Trinajstić information content (AvgIpc) is 3.45. The number of benzene rings is 2. The van der Waals surface area contributed by atoms with E-state index in [0.29, 0.717) is 18.4 Å². The molecule has 1 unspecified atom stereocenters. The van der Waals surface area contributed by atoms with Gasteiger partial charge in [-0.2, -0.15) is 31.6 Å². The molecule has 37 heavy (non-hydrogen) atoms. The quantitative estimate of drug-likeness (QED) is 0.439. The number of hydrogen-bond acceptors (Lipinski definition) is 4. The van der Waals surface area contributed by atoms with Gasteiger partial charge in [0.05, 0.1) is 34.2 Å². The number of halogens is 8. The molecule has 1 atom stereocenters. The number of carbonyl (C=O) groups is 1. The lowest BCUT2D eigenvalue weighted by Gasteiger charge is -2.30. The van der Waals surface area contributed by atoms with Crippen LogP contribution in [0.4, 0.5) is 30.7 Å². The molecular weight excluding hydrogens is 531 g/mol. The van der Waals surface area contributed by atoms with Crippen molar-refractivity contribution in [1.29, 1.82) is 5.26 Å². The molecule has 2 aromatic rings. The lowest BCUT2D eigenvalue weighted by molar-refractivity contribution is -0.276. The second kappa shape index (κ2) is 8.90. The molecule has 2 aliphatic rings. The van der Waals surface area contributed by atoms with Gasteiger partial charge in [-0.15, -0.1) is 0 Å². The number of carbonyl (C=O) groups excluding carboxylic acids is 1. The Labute approximate surface area is 210 Å². The van der Waals surface area contributed by atoms with Gasteiger partial charge >= 0.3 is 12.4 Å². The molecule has 1 aliphatic carbocycles. The highest BCUT2D eigenvalue weighted by molar-refractivity contribution is 6.30. The zero-order valence-electron chi connectivity index (χ0n) is 18.9. The van der Waals surface area contributed by atoms with Crippen LogP contribution in [-0.4, -0.2) is 24.3 Å². The summed E-state index contributed by atoms with van der Waals surface area (Å²) in [4.78, 5) is 17.2. The van der Waals surface area contributed by atoms with Gasteiger partial charge in [0, 0.05) is 17.7 Å². The number of alkyl halides is 6. The van der Waals surface area contributed by atoms with E-state index in [1.165, 1.54) is 25.1 Å². The van der Waals surface area contributed by atoms with Crippen molar-refractivity contribution < 1.29 is 40.4 Å². The number of amides is 1. The number of nitrogens with zero attached hydrogens (tertiary/aromatic N) is 2. The molecule has 0 radical (unpaired) electrons. The van der Waals surface area contributed by atoms with E-state index in [2.05, 4.69) is 21.4 Å². The second-order valence-corrected chi connectivity index (χ2v) is 9.46. The molecule has 1 N–H and O–H groups in total. The van der Waals surface area contributed by atoms with Crippen LogP contribution < -0.4 is 5.32 Å². The number of hydrogen-bond donors (Lipinski definition) is 1. The van der Waals surface area contributed by atoms with E-state index >= 15 is 0 Å². The van der Waals surface area contributed by atoms with Gasteiger partial charge < -0.3 is 10.2 Å². The van der Waals surface area contributed by atoms with Gasteiger partial charge in [-0.05, 0) is 55.2 Å². The topological polar surface area (TPSA) is 74.5 Å². The van der Waals surface area contributed by atoms with E-state index in [1.54, 1.807) is 0 Å². The molecule has 1 amide bonds. The molecule has 0 bridgehead atoms. The lowest BCUT2D eigenvalue weighted by Crippen LogP contribution is -2.43. The maximum Gasteiger partial charge on any atom is 0.435 e. The average molecular weight is 548 g/mol. The van der Waals surface area contributed by atoms with E-state index in [4.69, 9.17) is 16.9 Å². The van der Waals surface area contributed by atoms with Crippen LogP contribution in [0.3, 0.4) is 0 Å². The smallest absolute Gasteiger partial charge is 0.374 e. The van der Waals surface area contributed by atoms with Crippen LogP contribution in [0.5, 0.6) is 0 Å². The molecule has 0 spiro atoms. The number of nitrogens with one attached hydrogen (secondary N) is 1. The third-order valence-electron chi connectivity index (χ3n) is 6.46. The number of aryl methyl sites for hydroxylation is 1. The molecule has 5 nitrogen and oxygen atoms in total. The van der Waals surface area contributed by atoms with Crippen molar-refractivity contribution in [2.75, 3.05) is 6.54 Å². The van der Waals surface area contributed by atoms with Crippen LogP contribution in [0.15, 0.2) is 35.5 Å². The minimum atomic E-state index is -5.37. The fraction of sp³-hybridized carbons (Fsp3) is 0.375. The van der Waals surface area contributed by atoms with Crippen LogP contribution in [0.2, 0.25) is 5.02 Å². The fourth-order valence-corrected chi connectivity index (χ4v) is 4.22. The molecule has 1 heterocycles. The van der Waals surface area contributed by atoms with Crippen molar-refractivity contribution in [2.45, 2.75) is 44.1 Å². The highest BCUT2D eigenvalue weighted by atomic mass is 35.5. The SMILES string of the molecule is Cc1cc(C2=NOC(c3cc(C(F)(F)F)cc(Cl)c3F)(C(F)(F)F)C2)ccc1C(=O)NCC1(C#N)CC1. The standard InChI is InChI=1S/C24H17ClF7N3O2/c1-12-6-13(2-3-15(12)20(36)34-11-21(10-33)4-5-21)18-9-22(37-35-18,24(30,31)32)16-7-14(23(27,28)29)8-17(25)19(16)26/h2-3,6-8H,4-5,9,11H2,1H3,(H,34,36). The summed E-state index contributed by atoms with van der Waals surface area (Å²) < 4.78 is 97.1. The van der Waals surface area contributed by atoms with Crippen LogP contribution in [0.25, 0.3) is 0 Å². The molecule has 2 aromatic carbocycles. The van der Waals surface area contributed by atoms with Crippen LogP contribution in [0, 0.1) is 29.5 Å². The second-order valence-electron chi connectivity index (χ2n) is 9.05. The maximum absolute atomic E-state index is 14.7. The Morgan fingerprint density at radius 1 is 1.19 bits per heavy atom. The van der Waals surface area contributed by atoms with Crippen molar-refractivity contribution >= 4 is 23.2 Å². The summed E-state index contributed by atoms with van der Waals surface area (Å²) in [5.41, 5.74) is -6.83. The highest BCUT2D eigenvalue weighted by Crippen LogP contribution is 2.51. The molecule has 1 saturated carbocycles. The normalized spacial score (nSPS) is 20.6. The Balaban J connectivity index is 1.64. The summed E-state index contributed by atoms with van der Waals surface area (Å²) in [6, 6.07) is 6.33. The summed E-state index contributed by atoms with van der Waals surface area (Å²) in [6.45, 7) is 1.68. The minimum Gasteiger partial charge on any atom is -0.374 e. The Morgan fingerprint density at radius 3 is 2.41 bits per heavy atom. The molecule has 1 aliphatic heterocycles. The molecule has 13 heteroatoms. The van der Waals surface area contributed by atoms with Crippen LogP contribution >= 0.6 is 11.6 Å². The first-order valence-electron chi connectivity index (χ1n) is 10.8. The van der Waals surface area contributed by atoms with E-state index in [1.807, 2.05) is 0 Å². The predicted molar refractivity (Wildman–Crippen MR) is 117 cm³/mol. The van der Waals surface area contributed by atoms with Gasteiger partial charge in [0.25, 0.3) is 11.5 Å². The first-order chi connectivity index (χ1) is 17.1. The molecule has 0 aromatic heterocycles. The molecule has 196 valence electrons. The molecule has 0 saturated heterocycles. The fourth-order valence-electron chi connectivity index (χ4n) is 4.01. The summed E-state index contributed by atoms with van der Waals surface area (Å²) in [6.07, 6.45) is -10.3. The van der Waals surface area contributed by atoms with E-state index < -0.39 is 57.7 Å². The number of nitriles is 1. The molecule has 4 rings (SSSR count). The monoisotopic (exact) mass is 547 g/mol. The zero-order chi connectivity index (χ0) is 27.4. The van der Waals surface area contributed by atoms with E-state index in [0.717, 1.165) is 0 Å². The van der Waals surface area contributed by atoms with Crippen LogP contribution in [-0.2, 0) is 16.6 Å². The molecule has 1 fully saturated rings. The van der Waals surface area contributed by atoms with Crippen molar-refractivity contribution in [3.63, 3.8) is 0 Å². The van der Waals surface area contributed by atoms with Crippen molar-refractivity contribution in [3.8, 4) is 6.07 Å². The Morgan fingerprint density at radius 2 is 1.86 bits per heavy atom. The van der Waals surface area contributed by atoms with E-state index in [9.17, 15) is 35.5 Å². The largest absolute Gasteiger partial charge is 0.435 e. The number of rotatable bonds is 5. The third-order valence-corrected chi connectivity index (χ3v) is 6.73. The molecular formula is C24H17ClF7N3O2. The highest BCUT2D eigenvalue weighted by Gasteiger charge is 2.64. The van der Waals surface area contributed by atoms with Gasteiger partial charge in [-0.25, -0.2) is 4.39 Å². The van der Waals surface area contributed by atoms with Gasteiger partial charge in [-0.3, -0.25) is 4.79 Å². The third kappa shape index (κ3) is 4.84. The van der Waals surface area contributed by atoms with Crippen molar-refractivity contribution in [3.05, 3.63) is 69.0 Å². The minimum absolute atomic E-state index is 0.0136. The summed E-state index contributed by atoms with van der Waals surface area (Å²) in [7, 11) is 0.